The summed E-state index contributed by atoms with van der Waals surface area (Å²) in [6.07, 6.45) is 0. The molecule has 0 saturated heterocycles. The van der Waals surface area contributed by atoms with Crippen molar-refractivity contribution in [2.45, 2.75) is 0 Å². The Balaban J connectivity index is 1.93. The fraction of sp³-hybridized carbons (Fsp3) is 0. The molecule has 0 aromatic heterocycles. The van der Waals surface area contributed by atoms with Gasteiger partial charge in [0.05, 0.1) is 0 Å². The first-order chi connectivity index (χ1) is 10.1. The third kappa shape index (κ3) is 2.60. The van der Waals surface area contributed by atoms with E-state index in [0.29, 0.717) is 0 Å². The lowest BCUT2D eigenvalue weighted by atomic mass is 10.1. The van der Waals surface area contributed by atoms with Crippen LogP contribution in [-0.4, -0.2) is 5.97 Å². The molecule has 0 saturated carbocycles. The first kappa shape index (κ1) is 13.2. The van der Waals surface area contributed by atoms with E-state index in [2.05, 4.69) is 0 Å². The van der Waals surface area contributed by atoms with Gasteiger partial charge in [0, 0.05) is 0 Å². The normalized spacial score (nSPS) is 10.6. The lowest BCUT2D eigenvalue weighted by Gasteiger charge is -2.07. The first-order valence-corrected chi connectivity index (χ1v) is 6.30. The fourth-order valence-electron chi connectivity index (χ4n) is 2.08. The van der Waals surface area contributed by atoms with Gasteiger partial charge < -0.3 is 4.74 Å². The monoisotopic (exact) mass is 284 g/mol. The van der Waals surface area contributed by atoms with Crippen LogP contribution in [0.4, 0.5) is 8.78 Å². The van der Waals surface area contributed by atoms with Gasteiger partial charge in [-0.15, -0.1) is 0 Å². The lowest BCUT2D eigenvalue weighted by molar-refractivity contribution is 0.0725. The molecule has 3 rings (SSSR count). The topological polar surface area (TPSA) is 26.3 Å². The fourth-order valence-corrected chi connectivity index (χ4v) is 2.08. The summed E-state index contributed by atoms with van der Waals surface area (Å²) in [4.78, 5) is 11.9. The van der Waals surface area contributed by atoms with Gasteiger partial charge >= 0.3 is 5.97 Å². The number of fused-ring (bicyclic) bond motifs is 1. The molecular weight excluding hydrogens is 274 g/mol. The van der Waals surface area contributed by atoms with E-state index in [1.165, 1.54) is 6.07 Å². The lowest BCUT2D eigenvalue weighted by Crippen LogP contribution is -2.13. The molecule has 21 heavy (non-hydrogen) atoms. The predicted octanol–water partition coefficient (Wildman–Crippen LogP) is 4.34. The number of ether oxygens (including phenoxy) is 1. The van der Waals surface area contributed by atoms with E-state index in [0.717, 1.165) is 22.9 Å². The highest BCUT2D eigenvalue weighted by Gasteiger charge is 2.19. The van der Waals surface area contributed by atoms with Crippen LogP contribution in [0, 0.1) is 11.6 Å². The van der Waals surface area contributed by atoms with Crippen molar-refractivity contribution >= 4 is 16.7 Å². The smallest absolute Gasteiger partial charge is 0.349 e. The van der Waals surface area contributed by atoms with Crippen molar-refractivity contribution in [3.8, 4) is 5.75 Å². The van der Waals surface area contributed by atoms with Crippen LogP contribution in [-0.2, 0) is 0 Å². The molecule has 0 atom stereocenters. The molecule has 104 valence electrons. The van der Waals surface area contributed by atoms with Crippen LogP contribution in [0.3, 0.4) is 0 Å². The molecular formula is C17H10F2O2. The Morgan fingerprint density at radius 1 is 0.810 bits per heavy atom. The Hall–Kier alpha value is -2.75. The number of carbonyl (C=O) groups is 1. The van der Waals surface area contributed by atoms with Gasteiger partial charge in [-0.05, 0) is 35.0 Å². The summed E-state index contributed by atoms with van der Waals surface area (Å²) in [5.74, 6) is -2.70. The molecule has 0 heterocycles. The van der Waals surface area contributed by atoms with Gasteiger partial charge in [-0.2, -0.15) is 0 Å². The standard InChI is InChI=1S/C17H10F2O2/c18-14-6-3-7-15(19)16(14)17(20)21-13-9-8-11-4-1-2-5-12(11)10-13/h1-10H. The largest absolute Gasteiger partial charge is 0.423 e. The van der Waals surface area contributed by atoms with E-state index in [1.807, 2.05) is 24.3 Å². The second kappa shape index (κ2) is 5.32. The summed E-state index contributed by atoms with van der Waals surface area (Å²) in [6, 6.07) is 15.7. The van der Waals surface area contributed by atoms with Crippen LogP contribution >= 0.6 is 0 Å². The van der Waals surface area contributed by atoms with Gasteiger partial charge in [-0.1, -0.05) is 36.4 Å². The van der Waals surface area contributed by atoms with Gasteiger partial charge in [0.2, 0.25) is 0 Å². The minimum atomic E-state index is -1.05. The third-order valence-electron chi connectivity index (χ3n) is 3.10. The first-order valence-electron chi connectivity index (χ1n) is 6.30. The Morgan fingerprint density at radius 2 is 1.48 bits per heavy atom. The van der Waals surface area contributed by atoms with E-state index in [9.17, 15) is 13.6 Å². The molecule has 0 N–H and O–H groups in total. The van der Waals surface area contributed by atoms with Crippen molar-refractivity contribution in [1.82, 2.24) is 0 Å². The number of halogens is 2. The minimum absolute atomic E-state index is 0.237. The molecule has 3 aromatic carbocycles. The van der Waals surface area contributed by atoms with Crippen molar-refractivity contribution in [2.24, 2.45) is 0 Å². The molecule has 0 fully saturated rings. The summed E-state index contributed by atoms with van der Waals surface area (Å²) in [5.41, 5.74) is -0.689. The molecule has 0 spiro atoms. The zero-order valence-electron chi connectivity index (χ0n) is 10.8. The molecule has 4 heteroatoms. The molecule has 0 unspecified atom stereocenters. The van der Waals surface area contributed by atoms with Gasteiger partial charge in [0.15, 0.2) is 0 Å². The van der Waals surface area contributed by atoms with Crippen LogP contribution in [0.2, 0.25) is 0 Å². The SMILES string of the molecule is O=C(Oc1ccc2ccccc2c1)c1c(F)cccc1F. The quantitative estimate of drug-likeness (QED) is 0.517. The van der Waals surface area contributed by atoms with Gasteiger partial charge in [-0.25, -0.2) is 13.6 Å². The van der Waals surface area contributed by atoms with Crippen LogP contribution in [0.5, 0.6) is 5.75 Å². The molecule has 0 aliphatic carbocycles. The summed E-state index contributed by atoms with van der Waals surface area (Å²) in [7, 11) is 0. The van der Waals surface area contributed by atoms with Crippen LogP contribution in [0.15, 0.2) is 60.7 Å². The zero-order chi connectivity index (χ0) is 14.8. The molecule has 0 radical (unpaired) electrons. The van der Waals surface area contributed by atoms with E-state index in [4.69, 9.17) is 4.74 Å². The number of rotatable bonds is 2. The highest BCUT2D eigenvalue weighted by molar-refractivity contribution is 5.92. The van der Waals surface area contributed by atoms with Gasteiger partial charge in [0.1, 0.15) is 22.9 Å². The van der Waals surface area contributed by atoms with Crippen molar-refractivity contribution in [3.05, 3.63) is 77.9 Å². The Labute approximate surface area is 119 Å². The summed E-state index contributed by atoms with van der Waals surface area (Å²) in [5, 5.41) is 1.85. The predicted molar refractivity (Wildman–Crippen MR) is 75.3 cm³/mol. The van der Waals surface area contributed by atoms with E-state index in [1.54, 1.807) is 18.2 Å². The van der Waals surface area contributed by atoms with Crippen molar-refractivity contribution in [2.75, 3.05) is 0 Å². The highest BCUT2D eigenvalue weighted by atomic mass is 19.1. The second-order valence-corrected chi connectivity index (χ2v) is 4.50. The number of hydrogen-bond acceptors (Lipinski definition) is 2. The number of benzene rings is 3. The second-order valence-electron chi connectivity index (χ2n) is 4.50. The average molecular weight is 284 g/mol. The maximum Gasteiger partial charge on any atom is 0.349 e. The zero-order valence-corrected chi connectivity index (χ0v) is 10.8. The summed E-state index contributed by atoms with van der Waals surface area (Å²) >= 11 is 0. The average Bonchev–Trinajstić information content (AvgIpc) is 2.47. The highest BCUT2D eigenvalue weighted by Crippen LogP contribution is 2.22. The Kier molecular flexibility index (Phi) is 3.36. The van der Waals surface area contributed by atoms with Crippen molar-refractivity contribution in [3.63, 3.8) is 0 Å². The van der Waals surface area contributed by atoms with Crippen LogP contribution in [0.25, 0.3) is 10.8 Å². The molecule has 0 aliphatic heterocycles. The van der Waals surface area contributed by atoms with Crippen molar-refractivity contribution < 1.29 is 18.3 Å². The molecule has 2 nitrogen and oxygen atoms in total. The molecule has 0 amide bonds. The van der Waals surface area contributed by atoms with E-state index >= 15 is 0 Å². The molecule has 0 bridgehead atoms. The van der Waals surface area contributed by atoms with Gasteiger partial charge in [0.25, 0.3) is 0 Å². The maximum absolute atomic E-state index is 13.5. The number of carbonyl (C=O) groups excluding carboxylic acids is 1. The third-order valence-corrected chi connectivity index (χ3v) is 3.10. The molecule has 0 aliphatic rings. The van der Waals surface area contributed by atoms with Crippen LogP contribution in [0.1, 0.15) is 10.4 Å². The van der Waals surface area contributed by atoms with Crippen molar-refractivity contribution in [1.29, 1.82) is 0 Å². The summed E-state index contributed by atoms with van der Waals surface area (Å²) < 4.78 is 32.1. The van der Waals surface area contributed by atoms with E-state index in [-0.39, 0.29) is 5.75 Å². The maximum atomic E-state index is 13.5. The minimum Gasteiger partial charge on any atom is -0.423 e. The van der Waals surface area contributed by atoms with Crippen LogP contribution < -0.4 is 4.74 Å². The molecule has 3 aromatic rings. The number of hydrogen-bond donors (Lipinski definition) is 0. The van der Waals surface area contributed by atoms with E-state index < -0.39 is 23.2 Å². The summed E-state index contributed by atoms with van der Waals surface area (Å²) in [6.45, 7) is 0. The van der Waals surface area contributed by atoms with Gasteiger partial charge in [-0.3, -0.25) is 0 Å². The Morgan fingerprint density at radius 3 is 2.19 bits per heavy atom. The number of esters is 1. The Bertz CT molecular complexity index is 808.